The van der Waals surface area contributed by atoms with Crippen LogP contribution in [0.1, 0.15) is 30.5 Å². The number of hydrogen-bond donors (Lipinski definition) is 2. The summed E-state index contributed by atoms with van der Waals surface area (Å²) in [6.45, 7) is 7.44. The van der Waals surface area contributed by atoms with Crippen molar-refractivity contribution in [3.63, 3.8) is 0 Å². The molecule has 2 N–H and O–H groups in total. The van der Waals surface area contributed by atoms with E-state index in [9.17, 15) is 9.59 Å². The highest BCUT2D eigenvalue weighted by Gasteiger charge is 2.16. The minimum absolute atomic E-state index is 0. The molecule has 150 valence electrons. The second kappa shape index (κ2) is 10.0. The third kappa shape index (κ3) is 4.82. The van der Waals surface area contributed by atoms with Crippen LogP contribution < -0.4 is 16.4 Å². The summed E-state index contributed by atoms with van der Waals surface area (Å²) < 4.78 is 5.37. The molecule has 7 heteroatoms. The van der Waals surface area contributed by atoms with Gasteiger partial charge in [0, 0.05) is 9.07 Å². The second-order valence-corrected chi connectivity index (χ2v) is 5.60. The van der Waals surface area contributed by atoms with Crippen molar-refractivity contribution in [3.05, 3.63) is 59.0 Å². The summed E-state index contributed by atoms with van der Waals surface area (Å²) in [6.07, 6.45) is 1.56. The topological polar surface area (TPSA) is 96.6 Å². The number of anilines is 1. The van der Waals surface area contributed by atoms with Gasteiger partial charge in [-0.15, -0.1) is 0 Å². The van der Waals surface area contributed by atoms with Crippen LogP contribution in [0.5, 0.6) is 0 Å². The van der Waals surface area contributed by atoms with Crippen molar-refractivity contribution in [3.8, 4) is 11.5 Å². The van der Waals surface area contributed by atoms with E-state index in [2.05, 4.69) is 20.8 Å². The fraction of sp³-hybridized carbons (Fsp3) is 0.238. The first-order valence-corrected chi connectivity index (χ1v) is 9.13. The molecule has 0 aliphatic carbocycles. The van der Waals surface area contributed by atoms with Gasteiger partial charge in [0.25, 0.3) is 0 Å². The second-order valence-electron chi connectivity index (χ2n) is 5.60. The molecule has 1 atom stereocenters. The Morgan fingerprint density at radius 1 is 1.18 bits per heavy atom. The highest BCUT2D eigenvalue weighted by Crippen LogP contribution is 2.26. The third-order valence-electron chi connectivity index (χ3n) is 3.74. The molecule has 1 unspecified atom stereocenters. The lowest BCUT2D eigenvalue weighted by Gasteiger charge is -2.14. The molecule has 0 saturated heterocycles. The highest BCUT2D eigenvalue weighted by molar-refractivity contribution is 5.97. The first-order chi connectivity index (χ1) is 13.6. The lowest BCUT2D eigenvalue weighted by atomic mass is 10.1. The number of nitrogens with one attached hydrogen (secondary N) is 2. The Hall–Kier alpha value is -3.48. The van der Waals surface area contributed by atoms with Gasteiger partial charge in [-0.1, -0.05) is 38.1 Å². The minimum atomic E-state index is -0.532. The molecule has 0 radical (unpaired) electrons. The Balaban J connectivity index is 0.00000204. The number of hydrazone groups is 1. The van der Waals surface area contributed by atoms with Crippen LogP contribution in [0.4, 0.5) is 5.69 Å². The Labute approximate surface area is 166 Å². The van der Waals surface area contributed by atoms with Crippen LogP contribution in [-0.2, 0) is 4.79 Å². The van der Waals surface area contributed by atoms with E-state index in [0.717, 1.165) is 0 Å². The van der Waals surface area contributed by atoms with Gasteiger partial charge < -0.3 is 9.73 Å². The number of rotatable bonds is 5. The zero-order valence-electron chi connectivity index (χ0n) is 16.4. The van der Waals surface area contributed by atoms with Gasteiger partial charge in [0.1, 0.15) is 6.04 Å². The van der Waals surface area contributed by atoms with Gasteiger partial charge in [-0.25, -0.2) is 9.78 Å². The molecule has 2 aromatic carbocycles. The number of aromatic nitrogens is 1. The summed E-state index contributed by atoms with van der Waals surface area (Å²) in [5.41, 5.74) is 3.80. The number of para-hydroxylation sites is 2. The van der Waals surface area contributed by atoms with Crippen LogP contribution in [0.3, 0.4) is 0 Å². The van der Waals surface area contributed by atoms with Gasteiger partial charge in [-0.05, 0) is 38.1 Å². The van der Waals surface area contributed by atoms with Crippen molar-refractivity contribution < 1.29 is 12.1 Å². The first-order valence-electron chi connectivity index (χ1n) is 9.13. The average molecular weight is 384 g/mol. The smallest absolute Gasteiger partial charge is 0.347 e. The van der Waals surface area contributed by atoms with Crippen LogP contribution in [0.2, 0.25) is 0 Å². The molecule has 28 heavy (non-hydrogen) atoms. The summed E-state index contributed by atoms with van der Waals surface area (Å²) in [5.74, 6) is -0.122. The summed E-state index contributed by atoms with van der Waals surface area (Å²) in [4.78, 5) is 28.9. The molecule has 3 rings (SSSR count). The van der Waals surface area contributed by atoms with Crippen molar-refractivity contribution in [2.24, 2.45) is 5.10 Å². The molecule has 0 fully saturated rings. The fourth-order valence-corrected chi connectivity index (χ4v) is 2.40. The minimum Gasteiger partial charge on any atom is -0.403 e. The van der Waals surface area contributed by atoms with Crippen LogP contribution >= 0.6 is 0 Å². The van der Waals surface area contributed by atoms with Crippen molar-refractivity contribution in [1.29, 1.82) is 0 Å². The van der Waals surface area contributed by atoms with Crippen LogP contribution in [0, 0.1) is 0 Å². The van der Waals surface area contributed by atoms with Crippen molar-refractivity contribution >= 4 is 28.7 Å². The predicted octanol–water partition coefficient (Wildman–Crippen LogP) is 4.30. The van der Waals surface area contributed by atoms with E-state index in [1.54, 1.807) is 68.6 Å². The molecule has 0 aliphatic heterocycles. The first kappa shape index (κ1) is 20.8. The van der Waals surface area contributed by atoms with Crippen molar-refractivity contribution in [2.75, 3.05) is 5.32 Å². The lowest BCUT2D eigenvalue weighted by Crippen LogP contribution is -2.35. The largest absolute Gasteiger partial charge is 0.403 e. The maximum atomic E-state index is 12.3. The van der Waals surface area contributed by atoms with Gasteiger partial charge in [-0.2, -0.15) is 5.10 Å². The maximum absolute atomic E-state index is 12.3. The van der Waals surface area contributed by atoms with Gasteiger partial charge in [0.15, 0.2) is 0 Å². The van der Waals surface area contributed by atoms with Gasteiger partial charge in [0.05, 0.1) is 22.2 Å². The molecular formula is C21H28N4O3. The number of carbonyl (C=O) groups excluding carboxylic acids is 1. The Bertz CT molecular complexity index is 1040. The number of fused-ring (bicyclic) bond motifs is 1. The number of amides is 1. The third-order valence-corrected chi connectivity index (χ3v) is 3.74. The van der Waals surface area contributed by atoms with E-state index in [1.807, 2.05) is 13.8 Å². The Morgan fingerprint density at radius 3 is 2.61 bits per heavy atom. The van der Waals surface area contributed by atoms with E-state index in [1.165, 1.54) is 0 Å². The standard InChI is InChI=1S/C19H18N4O3.C2H6.2H2/c1-3-20-23-12(2)17(24)21-15-10-6-4-8-13(15)18-22-16-11-7-5-9-14(16)19(25)26-18;1-2;;/h3-12,23H,1-2H3,(H,21,24);1-2H3;2*1H/b20-3-;;;. The van der Waals surface area contributed by atoms with Crippen LogP contribution in [0.15, 0.2) is 62.8 Å². The molecule has 0 spiro atoms. The van der Waals surface area contributed by atoms with Crippen LogP contribution in [0.25, 0.3) is 22.4 Å². The van der Waals surface area contributed by atoms with E-state index < -0.39 is 11.7 Å². The predicted molar refractivity (Wildman–Crippen MR) is 117 cm³/mol. The number of hydrogen-bond acceptors (Lipinski definition) is 6. The summed E-state index contributed by atoms with van der Waals surface area (Å²) in [6, 6.07) is 13.4. The summed E-state index contributed by atoms with van der Waals surface area (Å²) in [7, 11) is 0. The number of benzene rings is 2. The van der Waals surface area contributed by atoms with E-state index in [0.29, 0.717) is 22.2 Å². The normalized spacial score (nSPS) is 11.6. The maximum Gasteiger partial charge on any atom is 0.347 e. The van der Waals surface area contributed by atoms with Crippen molar-refractivity contribution in [1.82, 2.24) is 10.4 Å². The number of carbonyl (C=O) groups is 1. The Kier molecular flexibility index (Phi) is 7.45. The van der Waals surface area contributed by atoms with Gasteiger partial charge in [-0.3, -0.25) is 10.2 Å². The highest BCUT2D eigenvalue weighted by atomic mass is 16.4. The average Bonchev–Trinajstić information content (AvgIpc) is 2.73. The molecule has 0 aliphatic rings. The molecule has 0 bridgehead atoms. The Morgan fingerprint density at radius 2 is 1.86 bits per heavy atom. The molecule has 1 heterocycles. The van der Waals surface area contributed by atoms with Crippen molar-refractivity contribution in [2.45, 2.75) is 33.7 Å². The summed E-state index contributed by atoms with van der Waals surface area (Å²) >= 11 is 0. The van der Waals surface area contributed by atoms with Crippen LogP contribution in [-0.4, -0.2) is 23.1 Å². The zero-order valence-corrected chi connectivity index (χ0v) is 16.4. The molecule has 0 saturated carbocycles. The molecule has 1 amide bonds. The van der Waals surface area contributed by atoms with E-state index in [4.69, 9.17) is 4.42 Å². The van der Waals surface area contributed by atoms with Gasteiger partial charge >= 0.3 is 5.63 Å². The van der Waals surface area contributed by atoms with E-state index in [-0.39, 0.29) is 14.7 Å². The quantitative estimate of drug-likeness (QED) is 0.505. The van der Waals surface area contributed by atoms with E-state index >= 15 is 0 Å². The molecule has 1 aromatic heterocycles. The summed E-state index contributed by atoms with van der Waals surface area (Å²) in [5, 5.41) is 7.07. The SMILES string of the molecule is C/C=N\NC(C)C(=O)Nc1ccccc1-c1nc2ccccc2c(=O)o1.CC.[HH].[HH]. The molecular weight excluding hydrogens is 356 g/mol. The lowest BCUT2D eigenvalue weighted by molar-refractivity contribution is -0.117. The fourth-order valence-electron chi connectivity index (χ4n) is 2.40. The van der Waals surface area contributed by atoms with Gasteiger partial charge in [0.2, 0.25) is 11.8 Å². The zero-order chi connectivity index (χ0) is 20.5. The number of nitrogens with zero attached hydrogens (tertiary/aromatic N) is 2. The molecule has 7 nitrogen and oxygen atoms in total. The molecule has 3 aromatic rings. The monoisotopic (exact) mass is 384 g/mol.